The van der Waals surface area contributed by atoms with Crippen LogP contribution < -0.4 is 11.1 Å². The van der Waals surface area contributed by atoms with Gasteiger partial charge in [0.15, 0.2) is 0 Å². The first-order valence-electron chi connectivity index (χ1n) is 9.94. The zero-order valence-corrected chi connectivity index (χ0v) is 15.9. The average Bonchev–Trinajstić information content (AvgIpc) is 3.06. The summed E-state index contributed by atoms with van der Waals surface area (Å²) in [6.07, 6.45) is 2.30. The molecule has 8 heteroatoms. The molecule has 28 heavy (non-hydrogen) atoms. The fourth-order valence-corrected chi connectivity index (χ4v) is 4.36. The summed E-state index contributed by atoms with van der Waals surface area (Å²) in [7, 11) is 0. The van der Waals surface area contributed by atoms with E-state index in [9.17, 15) is 14.0 Å². The third-order valence-electron chi connectivity index (χ3n) is 6.07. The van der Waals surface area contributed by atoms with Crippen LogP contribution in [-0.4, -0.2) is 72.1 Å². The number of nitrogens with two attached hydrogens (primary N) is 1. The molecule has 3 aliphatic heterocycles. The molecule has 0 spiro atoms. The number of hydrogen-bond donors (Lipinski definition) is 2. The summed E-state index contributed by atoms with van der Waals surface area (Å²) in [6.45, 7) is 3.07. The van der Waals surface area contributed by atoms with Crippen molar-refractivity contribution in [2.75, 3.05) is 26.3 Å². The van der Waals surface area contributed by atoms with E-state index in [4.69, 9.17) is 10.5 Å². The molecule has 1 aromatic rings. The van der Waals surface area contributed by atoms with Crippen LogP contribution in [0.15, 0.2) is 24.3 Å². The summed E-state index contributed by atoms with van der Waals surface area (Å²) in [4.78, 5) is 29.8. The Balaban J connectivity index is 1.40. The molecule has 3 aliphatic rings. The molecule has 0 aromatic heterocycles. The summed E-state index contributed by atoms with van der Waals surface area (Å²) in [6, 6.07) is 5.30. The number of amides is 2. The highest BCUT2D eigenvalue weighted by molar-refractivity contribution is 5.90. The molecule has 152 valence electrons. The van der Waals surface area contributed by atoms with Crippen molar-refractivity contribution >= 4 is 11.8 Å². The van der Waals surface area contributed by atoms with E-state index in [2.05, 4.69) is 10.2 Å². The van der Waals surface area contributed by atoms with E-state index in [1.165, 1.54) is 12.1 Å². The number of carbonyl (C=O) groups excluding carboxylic acids is 2. The normalized spacial score (nSPS) is 29.0. The lowest BCUT2D eigenvalue weighted by Gasteiger charge is -2.42. The molecule has 3 atom stereocenters. The fraction of sp³-hybridized carbons (Fsp3) is 0.600. The van der Waals surface area contributed by atoms with Gasteiger partial charge in [-0.25, -0.2) is 4.39 Å². The number of hydrogen-bond acceptors (Lipinski definition) is 5. The maximum Gasteiger partial charge on any atom is 0.243 e. The van der Waals surface area contributed by atoms with Crippen LogP contribution in [0.1, 0.15) is 24.8 Å². The van der Waals surface area contributed by atoms with Crippen molar-refractivity contribution in [1.29, 1.82) is 0 Å². The topological polar surface area (TPSA) is 87.9 Å². The first-order valence-corrected chi connectivity index (χ1v) is 9.94. The number of fused-ring (bicyclic) bond motifs is 1. The Labute approximate surface area is 164 Å². The fourth-order valence-electron chi connectivity index (χ4n) is 4.36. The molecule has 0 bridgehead atoms. The third kappa shape index (κ3) is 3.90. The maximum absolute atomic E-state index is 13.0. The van der Waals surface area contributed by atoms with Gasteiger partial charge < -0.3 is 20.7 Å². The van der Waals surface area contributed by atoms with Crippen molar-refractivity contribution in [3.63, 3.8) is 0 Å². The lowest BCUT2D eigenvalue weighted by Crippen LogP contribution is -2.61. The molecule has 2 amide bonds. The van der Waals surface area contributed by atoms with Crippen molar-refractivity contribution in [3.8, 4) is 0 Å². The number of nitrogens with one attached hydrogen (secondary N) is 1. The number of rotatable bonds is 4. The Morgan fingerprint density at radius 2 is 1.93 bits per heavy atom. The first-order chi connectivity index (χ1) is 13.5. The molecule has 3 fully saturated rings. The van der Waals surface area contributed by atoms with Gasteiger partial charge in [0.1, 0.15) is 11.9 Å². The molecule has 0 aliphatic carbocycles. The van der Waals surface area contributed by atoms with Gasteiger partial charge >= 0.3 is 0 Å². The Hall–Kier alpha value is -2.03. The second kappa shape index (κ2) is 8.14. The number of carbonyl (C=O) groups is 2. The molecular weight excluding hydrogens is 363 g/mol. The summed E-state index contributed by atoms with van der Waals surface area (Å²) in [5.74, 6) is -0.622. The lowest BCUT2D eigenvalue weighted by atomic mass is 10.0. The smallest absolute Gasteiger partial charge is 0.243 e. The first kappa shape index (κ1) is 19.3. The van der Waals surface area contributed by atoms with E-state index >= 15 is 0 Å². The van der Waals surface area contributed by atoms with E-state index in [1.54, 1.807) is 17.0 Å². The van der Waals surface area contributed by atoms with Gasteiger partial charge in [-0.05, 0) is 37.0 Å². The van der Waals surface area contributed by atoms with Gasteiger partial charge in [-0.2, -0.15) is 0 Å². The van der Waals surface area contributed by atoms with Crippen molar-refractivity contribution in [2.45, 2.75) is 50.0 Å². The van der Waals surface area contributed by atoms with Crippen LogP contribution in [0.5, 0.6) is 0 Å². The standard InChI is InChI=1S/C20H27FN4O3/c21-14-3-1-13(2-4-14)9-23-19(26)18-6-5-15-7-8-24(16-11-28-12-16)10-17(22)20(27)25(15)18/h1-4,15-18H,5-12,22H2,(H,23,26)/t15-,17+,18+/m1/s1. The van der Waals surface area contributed by atoms with Crippen LogP contribution in [0.3, 0.4) is 0 Å². The molecular formula is C20H27FN4O3. The van der Waals surface area contributed by atoms with Crippen molar-refractivity contribution in [3.05, 3.63) is 35.6 Å². The van der Waals surface area contributed by atoms with E-state index in [-0.39, 0.29) is 23.7 Å². The van der Waals surface area contributed by atoms with Gasteiger partial charge in [0.05, 0.1) is 25.3 Å². The second-order valence-corrected chi connectivity index (χ2v) is 7.92. The predicted octanol–water partition coefficient (Wildman–Crippen LogP) is 0.233. The largest absolute Gasteiger partial charge is 0.378 e. The molecule has 0 saturated carbocycles. The van der Waals surface area contributed by atoms with Gasteiger partial charge in [-0.3, -0.25) is 14.5 Å². The quantitative estimate of drug-likeness (QED) is 0.769. The van der Waals surface area contributed by atoms with Crippen molar-refractivity contribution in [1.82, 2.24) is 15.1 Å². The molecule has 1 aromatic carbocycles. The van der Waals surface area contributed by atoms with Gasteiger partial charge in [-0.1, -0.05) is 12.1 Å². The summed E-state index contributed by atoms with van der Waals surface area (Å²) in [5, 5.41) is 2.89. The van der Waals surface area contributed by atoms with Crippen LogP contribution >= 0.6 is 0 Å². The summed E-state index contributed by atoms with van der Waals surface area (Å²) < 4.78 is 18.3. The molecule has 4 rings (SSSR count). The third-order valence-corrected chi connectivity index (χ3v) is 6.07. The molecule has 0 unspecified atom stereocenters. The lowest BCUT2D eigenvalue weighted by molar-refractivity contribution is -0.144. The molecule has 3 heterocycles. The van der Waals surface area contributed by atoms with Crippen LogP contribution in [0.4, 0.5) is 4.39 Å². The van der Waals surface area contributed by atoms with E-state index in [1.807, 2.05) is 0 Å². The van der Waals surface area contributed by atoms with Crippen LogP contribution in [0, 0.1) is 5.82 Å². The van der Waals surface area contributed by atoms with Crippen molar-refractivity contribution < 1.29 is 18.7 Å². The van der Waals surface area contributed by atoms with Crippen LogP contribution in [0.2, 0.25) is 0 Å². The van der Waals surface area contributed by atoms with Gasteiger partial charge in [0, 0.05) is 25.7 Å². The minimum atomic E-state index is -0.631. The van der Waals surface area contributed by atoms with Crippen molar-refractivity contribution in [2.24, 2.45) is 5.73 Å². The highest BCUT2D eigenvalue weighted by Gasteiger charge is 2.44. The summed E-state index contributed by atoms with van der Waals surface area (Å²) in [5.41, 5.74) is 7.03. The Kier molecular flexibility index (Phi) is 5.61. The number of benzene rings is 1. The zero-order valence-electron chi connectivity index (χ0n) is 15.9. The van der Waals surface area contributed by atoms with E-state index in [0.717, 1.165) is 24.9 Å². The maximum atomic E-state index is 13.0. The van der Waals surface area contributed by atoms with E-state index < -0.39 is 12.1 Å². The van der Waals surface area contributed by atoms with Crippen LogP contribution in [0.25, 0.3) is 0 Å². The monoisotopic (exact) mass is 390 g/mol. The highest BCUT2D eigenvalue weighted by atomic mass is 19.1. The number of halogens is 1. The van der Waals surface area contributed by atoms with E-state index in [0.29, 0.717) is 38.8 Å². The minimum Gasteiger partial charge on any atom is -0.378 e. The van der Waals surface area contributed by atoms with Gasteiger partial charge in [0.25, 0.3) is 0 Å². The molecule has 3 saturated heterocycles. The molecule has 0 radical (unpaired) electrons. The Morgan fingerprint density at radius 3 is 2.61 bits per heavy atom. The second-order valence-electron chi connectivity index (χ2n) is 7.92. The van der Waals surface area contributed by atoms with Crippen LogP contribution in [-0.2, 0) is 20.9 Å². The number of nitrogens with zero attached hydrogens (tertiary/aromatic N) is 2. The van der Waals surface area contributed by atoms with Gasteiger partial charge in [0.2, 0.25) is 11.8 Å². The average molecular weight is 390 g/mol. The highest BCUT2D eigenvalue weighted by Crippen LogP contribution is 2.30. The SMILES string of the molecule is N[C@H]1CN(C2COC2)CC[C@H]2CC[C@@H](C(=O)NCc3ccc(F)cc3)N2C1=O. The zero-order chi connectivity index (χ0) is 19.7. The Bertz CT molecular complexity index is 725. The minimum absolute atomic E-state index is 0.0453. The molecule has 3 N–H and O–H groups in total. The molecule has 7 nitrogen and oxygen atoms in total. The number of ether oxygens (including phenoxy) is 1. The summed E-state index contributed by atoms with van der Waals surface area (Å²) >= 11 is 0. The Morgan fingerprint density at radius 1 is 1.18 bits per heavy atom. The van der Waals surface area contributed by atoms with Gasteiger partial charge in [-0.15, -0.1) is 0 Å². The predicted molar refractivity (Wildman–Crippen MR) is 101 cm³/mol.